The molecule has 0 aliphatic heterocycles. The van der Waals surface area contributed by atoms with Gasteiger partial charge in [0.1, 0.15) is 0 Å². The number of carbonyl (C=O) groups is 1. The van der Waals surface area contributed by atoms with E-state index in [-0.39, 0.29) is 11.9 Å². The fraction of sp³-hybridized carbons (Fsp3) is 0.208. The van der Waals surface area contributed by atoms with Gasteiger partial charge in [-0.2, -0.15) is 4.39 Å². The molecule has 7 nitrogen and oxygen atoms in total. The van der Waals surface area contributed by atoms with Crippen molar-refractivity contribution in [1.82, 2.24) is 9.88 Å². The van der Waals surface area contributed by atoms with E-state index in [2.05, 4.69) is 9.98 Å². The Morgan fingerprint density at radius 2 is 1.81 bits per heavy atom. The minimum Gasteiger partial charge on any atom is -0.490 e. The molecule has 8 heteroatoms. The van der Waals surface area contributed by atoms with Crippen LogP contribution in [0.15, 0.2) is 65.8 Å². The molecule has 0 bridgehead atoms. The highest BCUT2D eigenvalue weighted by molar-refractivity contribution is 6.06. The van der Waals surface area contributed by atoms with Crippen molar-refractivity contribution in [2.45, 2.75) is 13.8 Å². The maximum absolute atomic E-state index is 14.0. The molecule has 0 saturated carbocycles. The summed E-state index contributed by atoms with van der Waals surface area (Å²) < 4.78 is 25.2. The zero-order chi connectivity index (χ0) is 23.1. The number of aromatic nitrogens is 1. The molecule has 1 heterocycles. The summed E-state index contributed by atoms with van der Waals surface area (Å²) in [5.74, 6) is 0.166. The Morgan fingerprint density at radius 3 is 2.53 bits per heavy atom. The van der Waals surface area contributed by atoms with Gasteiger partial charge in [-0.3, -0.25) is 9.69 Å². The molecule has 166 valence electrons. The summed E-state index contributed by atoms with van der Waals surface area (Å²) in [4.78, 5) is 22.2. The van der Waals surface area contributed by atoms with Crippen LogP contribution < -0.4 is 15.2 Å². The van der Waals surface area contributed by atoms with Gasteiger partial charge in [-0.15, -0.1) is 0 Å². The second kappa shape index (κ2) is 10.4. The van der Waals surface area contributed by atoms with Crippen LogP contribution in [0.2, 0.25) is 0 Å². The SMILES string of the molecule is CCOc1ccc(N=C(N)N(C)C(=O)c2cccc(-c3cccnc3F)c2)cc1OCC. The summed E-state index contributed by atoms with van der Waals surface area (Å²) in [6.45, 7) is 4.73. The number of pyridine rings is 1. The lowest BCUT2D eigenvalue weighted by molar-refractivity contribution is 0.0869. The van der Waals surface area contributed by atoms with Gasteiger partial charge in [-0.05, 0) is 55.8 Å². The van der Waals surface area contributed by atoms with Gasteiger partial charge in [-0.25, -0.2) is 9.98 Å². The standard InChI is InChI=1S/C24H25FN4O3/c1-4-31-20-12-11-18(15-21(20)32-5-2)28-24(26)29(3)23(30)17-9-6-8-16(14-17)19-10-7-13-27-22(19)25/h6-15H,4-5H2,1-3H3,(H2,26,28). The second-order valence-electron chi connectivity index (χ2n) is 6.75. The molecule has 0 radical (unpaired) electrons. The Balaban J connectivity index is 1.84. The summed E-state index contributed by atoms with van der Waals surface area (Å²) in [5, 5.41) is 0. The number of carbonyl (C=O) groups excluding carboxylic acids is 1. The van der Waals surface area contributed by atoms with E-state index >= 15 is 0 Å². The predicted octanol–water partition coefficient (Wildman–Crippen LogP) is 4.40. The molecule has 3 aromatic rings. The molecule has 2 aromatic carbocycles. The summed E-state index contributed by atoms with van der Waals surface area (Å²) >= 11 is 0. The van der Waals surface area contributed by atoms with Gasteiger partial charge >= 0.3 is 0 Å². The topological polar surface area (TPSA) is 90.0 Å². The molecule has 2 N–H and O–H groups in total. The zero-order valence-corrected chi connectivity index (χ0v) is 18.2. The molecule has 0 fully saturated rings. The molecule has 0 atom stereocenters. The number of nitrogens with two attached hydrogens (primary N) is 1. The Kier molecular flexibility index (Phi) is 7.38. The van der Waals surface area contributed by atoms with Gasteiger partial charge < -0.3 is 15.2 Å². The molecule has 3 rings (SSSR count). The summed E-state index contributed by atoms with van der Waals surface area (Å²) in [7, 11) is 1.52. The fourth-order valence-corrected chi connectivity index (χ4v) is 3.04. The largest absolute Gasteiger partial charge is 0.490 e. The Morgan fingerprint density at radius 1 is 1.06 bits per heavy atom. The summed E-state index contributed by atoms with van der Waals surface area (Å²) in [6, 6.07) is 15.0. The maximum atomic E-state index is 14.0. The first-order valence-electron chi connectivity index (χ1n) is 10.2. The number of benzene rings is 2. The van der Waals surface area contributed by atoms with E-state index in [1.165, 1.54) is 18.1 Å². The monoisotopic (exact) mass is 436 g/mol. The lowest BCUT2D eigenvalue weighted by atomic mass is 10.0. The van der Waals surface area contributed by atoms with E-state index < -0.39 is 5.95 Å². The van der Waals surface area contributed by atoms with Crippen molar-refractivity contribution in [3.05, 3.63) is 72.3 Å². The lowest BCUT2D eigenvalue weighted by Crippen LogP contribution is -2.38. The van der Waals surface area contributed by atoms with Crippen LogP contribution in [0, 0.1) is 5.95 Å². The molecule has 1 amide bonds. The number of guanidine groups is 1. The minimum atomic E-state index is -0.605. The van der Waals surface area contributed by atoms with E-state index in [1.54, 1.807) is 54.6 Å². The first-order chi connectivity index (χ1) is 15.4. The van der Waals surface area contributed by atoms with Gasteiger partial charge in [0.25, 0.3) is 5.91 Å². The molecule has 0 saturated heterocycles. The molecule has 0 spiro atoms. The van der Waals surface area contributed by atoms with Gasteiger partial charge in [0.15, 0.2) is 11.5 Å². The predicted molar refractivity (Wildman–Crippen MR) is 122 cm³/mol. The fourth-order valence-electron chi connectivity index (χ4n) is 3.04. The smallest absolute Gasteiger partial charge is 0.260 e. The van der Waals surface area contributed by atoms with E-state index in [4.69, 9.17) is 15.2 Å². The molecule has 0 aliphatic carbocycles. The van der Waals surface area contributed by atoms with Crippen LogP contribution in [0.1, 0.15) is 24.2 Å². The van der Waals surface area contributed by atoms with Crippen LogP contribution in [0.5, 0.6) is 11.5 Å². The molecule has 1 aromatic heterocycles. The summed E-state index contributed by atoms with van der Waals surface area (Å²) in [6.07, 6.45) is 1.37. The van der Waals surface area contributed by atoms with Crippen molar-refractivity contribution in [2.75, 3.05) is 20.3 Å². The molecule has 0 unspecified atom stereocenters. The highest BCUT2D eigenvalue weighted by atomic mass is 19.1. The van der Waals surface area contributed by atoms with Crippen molar-refractivity contribution in [1.29, 1.82) is 0 Å². The normalized spacial score (nSPS) is 11.2. The van der Waals surface area contributed by atoms with Gasteiger partial charge in [0.05, 0.1) is 18.9 Å². The number of halogens is 1. The Labute approximate surface area is 186 Å². The van der Waals surface area contributed by atoms with Gasteiger partial charge in [0.2, 0.25) is 11.9 Å². The average Bonchev–Trinajstić information content (AvgIpc) is 2.80. The molecular weight excluding hydrogens is 411 g/mol. The van der Waals surface area contributed by atoms with Crippen LogP contribution in [-0.4, -0.2) is 42.0 Å². The van der Waals surface area contributed by atoms with Gasteiger partial charge in [0, 0.05) is 30.4 Å². The lowest BCUT2D eigenvalue weighted by Gasteiger charge is -2.17. The summed E-state index contributed by atoms with van der Waals surface area (Å²) in [5.41, 5.74) is 7.80. The third-order valence-corrected chi connectivity index (χ3v) is 4.60. The second-order valence-corrected chi connectivity index (χ2v) is 6.75. The van der Waals surface area contributed by atoms with E-state index in [0.29, 0.717) is 47.1 Å². The van der Waals surface area contributed by atoms with Gasteiger partial charge in [-0.1, -0.05) is 12.1 Å². The van der Waals surface area contributed by atoms with Crippen molar-refractivity contribution in [3.8, 4) is 22.6 Å². The number of hydrogen-bond donors (Lipinski definition) is 1. The number of aliphatic imine (C=N–C) groups is 1. The highest BCUT2D eigenvalue weighted by Crippen LogP contribution is 2.32. The van der Waals surface area contributed by atoms with E-state index in [9.17, 15) is 9.18 Å². The number of amides is 1. The van der Waals surface area contributed by atoms with Crippen molar-refractivity contribution in [3.63, 3.8) is 0 Å². The average molecular weight is 436 g/mol. The third kappa shape index (κ3) is 5.21. The number of hydrogen-bond acceptors (Lipinski definition) is 5. The Bertz CT molecular complexity index is 1130. The van der Waals surface area contributed by atoms with Crippen LogP contribution in [0.3, 0.4) is 0 Å². The zero-order valence-electron chi connectivity index (χ0n) is 18.2. The first kappa shape index (κ1) is 22.7. The van der Waals surface area contributed by atoms with E-state index in [0.717, 1.165) is 0 Å². The molecular formula is C24H25FN4O3. The quantitative estimate of drug-likeness (QED) is 0.337. The maximum Gasteiger partial charge on any atom is 0.260 e. The Hall–Kier alpha value is -3.94. The van der Waals surface area contributed by atoms with Crippen LogP contribution in [-0.2, 0) is 0 Å². The van der Waals surface area contributed by atoms with Crippen LogP contribution >= 0.6 is 0 Å². The highest BCUT2D eigenvalue weighted by Gasteiger charge is 2.17. The van der Waals surface area contributed by atoms with Crippen molar-refractivity contribution in [2.24, 2.45) is 10.7 Å². The number of nitrogens with zero attached hydrogens (tertiary/aromatic N) is 3. The number of rotatable bonds is 7. The van der Waals surface area contributed by atoms with Crippen molar-refractivity contribution >= 4 is 17.6 Å². The molecule has 0 aliphatic rings. The van der Waals surface area contributed by atoms with Crippen LogP contribution in [0.4, 0.5) is 10.1 Å². The first-order valence-corrected chi connectivity index (χ1v) is 10.2. The minimum absolute atomic E-state index is 0.000398. The van der Waals surface area contributed by atoms with E-state index in [1.807, 2.05) is 13.8 Å². The molecule has 32 heavy (non-hydrogen) atoms. The third-order valence-electron chi connectivity index (χ3n) is 4.60. The number of ether oxygens (including phenoxy) is 2. The van der Waals surface area contributed by atoms with Crippen LogP contribution in [0.25, 0.3) is 11.1 Å². The van der Waals surface area contributed by atoms with Crippen molar-refractivity contribution < 1.29 is 18.7 Å².